The second-order valence-corrected chi connectivity index (χ2v) is 8.12. The lowest BCUT2D eigenvalue weighted by molar-refractivity contribution is 0.0309. The van der Waals surface area contributed by atoms with Crippen LogP contribution in [0.5, 0.6) is 0 Å². The summed E-state index contributed by atoms with van der Waals surface area (Å²) < 4.78 is 7.19. The van der Waals surface area contributed by atoms with Gasteiger partial charge in [-0.3, -0.25) is 4.79 Å². The maximum atomic E-state index is 12.7. The molecular weight excluding hydrogens is 350 g/mol. The molecule has 6 nitrogen and oxygen atoms in total. The van der Waals surface area contributed by atoms with Crippen LogP contribution in [-0.4, -0.2) is 20.5 Å². The van der Waals surface area contributed by atoms with Crippen molar-refractivity contribution in [2.24, 2.45) is 13.0 Å². The first kappa shape index (κ1) is 17.0. The number of hydrogen-bond acceptors (Lipinski definition) is 5. The molecule has 0 saturated heterocycles. The Morgan fingerprint density at radius 2 is 2.31 bits per heavy atom. The number of aromatic nitrogens is 3. The Balaban J connectivity index is 1.66. The Morgan fingerprint density at radius 3 is 3.04 bits per heavy atom. The van der Waals surface area contributed by atoms with Crippen molar-refractivity contribution in [1.82, 2.24) is 14.5 Å². The predicted octanol–water partition coefficient (Wildman–Crippen LogP) is 3.37. The van der Waals surface area contributed by atoms with Crippen LogP contribution in [0.15, 0.2) is 23.1 Å². The third kappa shape index (κ3) is 2.86. The molecule has 0 amide bonds. The van der Waals surface area contributed by atoms with Gasteiger partial charge in [0.1, 0.15) is 10.5 Å². The lowest BCUT2D eigenvalue weighted by Crippen LogP contribution is -2.19. The topological polar surface area (TPSA) is 77.0 Å². The van der Waals surface area contributed by atoms with Crippen molar-refractivity contribution < 1.29 is 9.53 Å². The van der Waals surface area contributed by atoms with Crippen molar-refractivity contribution in [3.05, 3.63) is 50.6 Å². The van der Waals surface area contributed by atoms with Gasteiger partial charge in [0.25, 0.3) is 5.56 Å². The van der Waals surface area contributed by atoms with Gasteiger partial charge < -0.3 is 14.3 Å². The molecule has 1 N–H and O–H groups in total. The number of hydrogen-bond donors (Lipinski definition) is 1. The minimum Gasteiger partial charge on any atom is -0.450 e. The maximum Gasteiger partial charge on any atom is 0.355 e. The molecule has 0 aliphatic heterocycles. The van der Waals surface area contributed by atoms with Crippen LogP contribution in [0.4, 0.5) is 0 Å². The minimum atomic E-state index is -0.632. The van der Waals surface area contributed by atoms with E-state index in [-0.39, 0.29) is 5.56 Å². The fraction of sp³-hybridized carbons (Fsp3) is 0.421. The van der Waals surface area contributed by atoms with Crippen LogP contribution in [0.1, 0.15) is 53.1 Å². The molecule has 3 aromatic rings. The number of esters is 1. The van der Waals surface area contributed by atoms with Crippen molar-refractivity contribution in [1.29, 1.82) is 0 Å². The number of nitrogens with one attached hydrogen (secondary N) is 1. The number of aromatic amines is 1. The zero-order valence-corrected chi connectivity index (χ0v) is 15.9. The molecule has 26 heavy (non-hydrogen) atoms. The van der Waals surface area contributed by atoms with Crippen LogP contribution in [0.3, 0.4) is 0 Å². The molecule has 1 aliphatic rings. The smallest absolute Gasteiger partial charge is 0.355 e. The Hall–Kier alpha value is -2.41. The number of fused-ring (bicyclic) bond motifs is 3. The van der Waals surface area contributed by atoms with Crippen LogP contribution >= 0.6 is 11.3 Å². The Morgan fingerprint density at radius 1 is 1.50 bits per heavy atom. The highest BCUT2D eigenvalue weighted by molar-refractivity contribution is 7.18. The summed E-state index contributed by atoms with van der Waals surface area (Å²) in [7, 11) is 1.78. The predicted molar refractivity (Wildman–Crippen MR) is 101 cm³/mol. The van der Waals surface area contributed by atoms with E-state index in [0.717, 1.165) is 29.7 Å². The summed E-state index contributed by atoms with van der Waals surface area (Å²) in [5.41, 5.74) is 1.47. The highest BCUT2D eigenvalue weighted by Gasteiger charge is 2.24. The lowest BCUT2D eigenvalue weighted by atomic mass is 9.89. The molecule has 0 radical (unpaired) electrons. The van der Waals surface area contributed by atoms with Crippen molar-refractivity contribution in [3.63, 3.8) is 0 Å². The van der Waals surface area contributed by atoms with Gasteiger partial charge in [0, 0.05) is 18.1 Å². The Bertz CT molecular complexity index is 1050. The number of rotatable bonds is 3. The number of carbonyl (C=O) groups is 1. The van der Waals surface area contributed by atoms with E-state index in [0.29, 0.717) is 22.8 Å². The van der Waals surface area contributed by atoms with Gasteiger partial charge in [0.2, 0.25) is 0 Å². The van der Waals surface area contributed by atoms with E-state index in [9.17, 15) is 9.59 Å². The largest absolute Gasteiger partial charge is 0.450 e. The molecule has 0 bridgehead atoms. The number of nitrogens with zero attached hydrogens (tertiary/aromatic N) is 2. The average Bonchev–Trinajstić information content (AvgIpc) is 3.17. The third-order valence-corrected chi connectivity index (χ3v) is 6.15. The van der Waals surface area contributed by atoms with Gasteiger partial charge in [0.15, 0.2) is 11.9 Å². The van der Waals surface area contributed by atoms with Gasteiger partial charge >= 0.3 is 5.97 Å². The molecule has 7 heteroatoms. The molecule has 1 aliphatic carbocycles. The maximum absolute atomic E-state index is 12.7. The van der Waals surface area contributed by atoms with E-state index in [4.69, 9.17) is 4.74 Å². The molecule has 3 aromatic heterocycles. The van der Waals surface area contributed by atoms with Crippen molar-refractivity contribution in [2.45, 2.75) is 39.2 Å². The fourth-order valence-electron chi connectivity index (χ4n) is 3.51. The van der Waals surface area contributed by atoms with Gasteiger partial charge in [-0.2, -0.15) is 0 Å². The van der Waals surface area contributed by atoms with Gasteiger partial charge in [-0.25, -0.2) is 9.78 Å². The number of thiophene rings is 1. The first-order chi connectivity index (χ1) is 12.4. The number of aryl methyl sites for hydroxylation is 2. The van der Waals surface area contributed by atoms with Crippen molar-refractivity contribution >= 4 is 27.5 Å². The molecule has 2 atom stereocenters. The quantitative estimate of drug-likeness (QED) is 0.716. The number of carbonyl (C=O) groups excluding carboxylic acids is 1. The SMILES string of the molecule is CC1CCc2c(sc3nc(C(C)OC(=O)c4cccn4C)[nH]c(=O)c23)C1. The second-order valence-electron chi connectivity index (χ2n) is 7.03. The standard InChI is InChI=1S/C19H21N3O3S/c1-10-6-7-12-14(9-10)26-18-15(12)17(23)20-16(21-18)11(2)25-19(24)13-5-4-8-22(13)3/h4-5,8,10-11H,6-7,9H2,1-3H3,(H,20,21,23). The molecule has 4 rings (SSSR count). The number of H-pyrrole nitrogens is 1. The van der Waals surface area contributed by atoms with Crippen LogP contribution in [0.25, 0.3) is 10.2 Å². The van der Waals surface area contributed by atoms with Gasteiger partial charge in [-0.05, 0) is 49.8 Å². The molecule has 136 valence electrons. The third-order valence-electron chi connectivity index (χ3n) is 5.01. The van der Waals surface area contributed by atoms with E-state index in [1.165, 1.54) is 4.88 Å². The van der Waals surface area contributed by atoms with Crippen LogP contribution < -0.4 is 5.56 Å². The summed E-state index contributed by atoms with van der Waals surface area (Å²) in [6.45, 7) is 3.96. The molecule has 0 saturated carbocycles. The second kappa shape index (κ2) is 6.39. The highest BCUT2D eigenvalue weighted by atomic mass is 32.1. The number of ether oxygens (including phenoxy) is 1. The van der Waals surface area contributed by atoms with E-state index in [1.54, 1.807) is 48.2 Å². The molecular formula is C19H21N3O3S. The molecule has 3 heterocycles. The Labute approximate surface area is 154 Å². The van der Waals surface area contributed by atoms with Gasteiger partial charge in [0.05, 0.1) is 5.39 Å². The summed E-state index contributed by atoms with van der Waals surface area (Å²) in [6, 6.07) is 3.48. The summed E-state index contributed by atoms with van der Waals surface area (Å²) in [5.74, 6) is 0.586. The van der Waals surface area contributed by atoms with E-state index >= 15 is 0 Å². The van der Waals surface area contributed by atoms with Gasteiger partial charge in [-0.1, -0.05) is 6.92 Å². The first-order valence-electron chi connectivity index (χ1n) is 8.80. The average molecular weight is 371 g/mol. The normalized spacial score (nSPS) is 17.9. The summed E-state index contributed by atoms with van der Waals surface area (Å²) in [4.78, 5) is 34.4. The Kier molecular flexibility index (Phi) is 4.19. The lowest BCUT2D eigenvalue weighted by Gasteiger charge is -2.17. The zero-order chi connectivity index (χ0) is 18.4. The van der Waals surface area contributed by atoms with Gasteiger partial charge in [-0.15, -0.1) is 11.3 Å². The summed E-state index contributed by atoms with van der Waals surface area (Å²) >= 11 is 1.59. The molecule has 2 unspecified atom stereocenters. The minimum absolute atomic E-state index is 0.140. The molecule has 0 aromatic carbocycles. The fourth-order valence-corrected chi connectivity index (χ4v) is 4.90. The van der Waals surface area contributed by atoms with E-state index in [2.05, 4.69) is 16.9 Å². The van der Waals surface area contributed by atoms with Crippen LogP contribution in [-0.2, 0) is 24.6 Å². The van der Waals surface area contributed by atoms with E-state index < -0.39 is 12.1 Å². The van der Waals surface area contributed by atoms with Crippen LogP contribution in [0, 0.1) is 5.92 Å². The van der Waals surface area contributed by atoms with E-state index in [1.807, 2.05) is 0 Å². The molecule has 0 spiro atoms. The van der Waals surface area contributed by atoms with Crippen molar-refractivity contribution in [2.75, 3.05) is 0 Å². The highest BCUT2D eigenvalue weighted by Crippen LogP contribution is 2.36. The summed E-state index contributed by atoms with van der Waals surface area (Å²) in [6.07, 6.45) is 4.18. The van der Waals surface area contributed by atoms with Crippen molar-refractivity contribution in [3.8, 4) is 0 Å². The summed E-state index contributed by atoms with van der Waals surface area (Å²) in [5, 5.41) is 0.710. The van der Waals surface area contributed by atoms with Crippen LogP contribution in [0.2, 0.25) is 0 Å². The zero-order valence-electron chi connectivity index (χ0n) is 15.0. The first-order valence-corrected chi connectivity index (χ1v) is 9.62. The monoisotopic (exact) mass is 371 g/mol. The molecule has 0 fully saturated rings.